The monoisotopic (exact) mass is 177 g/mol. The number of halogens is 1. The zero-order valence-corrected chi connectivity index (χ0v) is 7.50. The van der Waals surface area contributed by atoms with Crippen LogP contribution in [0.25, 0.3) is 11.3 Å². The SMILES string of the molecule is CF.c1ccc(-c2ccc[nH]2)cc1. The molecule has 68 valence electrons. The smallest absolute Gasteiger partial charge is 0.0785 e. The van der Waals surface area contributed by atoms with Crippen LogP contribution in [0.5, 0.6) is 0 Å². The maximum absolute atomic E-state index is 9.50. The van der Waals surface area contributed by atoms with Crippen LogP contribution in [0.3, 0.4) is 0 Å². The molecule has 0 saturated carbocycles. The molecule has 13 heavy (non-hydrogen) atoms. The van der Waals surface area contributed by atoms with Gasteiger partial charge in [-0.1, -0.05) is 30.3 Å². The fraction of sp³-hybridized carbons (Fsp3) is 0.0909. The van der Waals surface area contributed by atoms with Gasteiger partial charge < -0.3 is 4.98 Å². The van der Waals surface area contributed by atoms with Crippen LogP contribution in [-0.2, 0) is 0 Å². The molecule has 2 aromatic rings. The van der Waals surface area contributed by atoms with Gasteiger partial charge in [-0.05, 0) is 17.7 Å². The van der Waals surface area contributed by atoms with Crippen LogP contribution in [0.1, 0.15) is 0 Å². The third-order valence-corrected chi connectivity index (χ3v) is 1.68. The topological polar surface area (TPSA) is 15.8 Å². The Hall–Kier alpha value is -1.57. The molecule has 0 radical (unpaired) electrons. The molecule has 1 N–H and O–H groups in total. The van der Waals surface area contributed by atoms with E-state index in [0.29, 0.717) is 7.18 Å². The Bertz CT molecular complexity index is 313. The molecule has 0 amide bonds. The maximum Gasteiger partial charge on any atom is 0.0785 e. The highest BCUT2D eigenvalue weighted by atomic mass is 19.1. The number of nitrogens with one attached hydrogen (secondary N) is 1. The molecule has 0 fully saturated rings. The first-order chi connectivity index (χ1) is 6.47. The molecule has 0 spiro atoms. The van der Waals surface area contributed by atoms with Gasteiger partial charge in [0.15, 0.2) is 0 Å². The second-order valence-electron chi connectivity index (χ2n) is 2.45. The molecule has 2 rings (SSSR count). The van der Waals surface area contributed by atoms with Crippen LogP contribution >= 0.6 is 0 Å². The molecule has 0 aliphatic rings. The average molecular weight is 177 g/mol. The Morgan fingerprint density at radius 3 is 2.15 bits per heavy atom. The summed E-state index contributed by atoms with van der Waals surface area (Å²) in [6.45, 7) is 0. The molecule has 0 aliphatic heterocycles. The van der Waals surface area contributed by atoms with E-state index in [0.717, 1.165) is 0 Å². The van der Waals surface area contributed by atoms with Crippen LogP contribution < -0.4 is 0 Å². The van der Waals surface area contributed by atoms with E-state index in [1.54, 1.807) is 0 Å². The maximum atomic E-state index is 9.50. The molecule has 2 heteroatoms. The van der Waals surface area contributed by atoms with E-state index in [9.17, 15) is 4.39 Å². The highest BCUT2D eigenvalue weighted by molar-refractivity contribution is 5.58. The lowest BCUT2D eigenvalue weighted by molar-refractivity contribution is 0.636. The van der Waals surface area contributed by atoms with Crippen molar-refractivity contribution in [1.29, 1.82) is 0 Å². The first kappa shape index (κ1) is 9.52. The van der Waals surface area contributed by atoms with Crippen molar-refractivity contribution in [3.8, 4) is 11.3 Å². The number of H-pyrrole nitrogens is 1. The van der Waals surface area contributed by atoms with Gasteiger partial charge in [0.1, 0.15) is 0 Å². The molecule has 0 saturated heterocycles. The minimum absolute atomic E-state index is 0.500. The summed E-state index contributed by atoms with van der Waals surface area (Å²) in [6, 6.07) is 14.3. The summed E-state index contributed by atoms with van der Waals surface area (Å²) in [5.41, 5.74) is 2.41. The second kappa shape index (κ2) is 5.14. The largest absolute Gasteiger partial charge is 0.361 e. The summed E-state index contributed by atoms with van der Waals surface area (Å²) in [5, 5.41) is 0. The molecule has 1 nitrogen and oxygen atoms in total. The van der Waals surface area contributed by atoms with Crippen LogP contribution in [0.2, 0.25) is 0 Å². The van der Waals surface area contributed by atoms with Crippen molar-refractivity contribution in [2.24, 2.45) is 0 Å². The van der Waals surface area contributed by atoms with Crippen LogP contribution in [0.15, 0.2) is 48.7 Å². The van der Waals surface area contributed by atoms with Gasteiger partial charge in [0.25, 0.3) is 0 Å². The number of hydrogen-bond acceptors (Lipinski definition) is 0. The summed E-state index contributed by atoms with van der Waals surface area (Å²) in [4.78, 5) is 3.15. The lowest BCUT2D eigenvalue weighted by Gasteiger charge is -1.94. The van der Waals surface area contributed by atoms with Gasteiger partial charge in [-0.2, -0.15) is 0 Å². The van der Waals surface area contributed by atoms with Crippen LogP contribution in [0.4, 0.5) is 4.39 Å². The number of hydrogen-bond donors (Lipinski definition) is 1. The third kappa shape index (κ3) is 2.44. The van der Waals surface area contributed by atoms with Crippen molar-refractivity contribution in [2.75, 3.05) is 7.18 Å². The zero-order chi connectivity index (χ0) is 9.52. The van der Waals surface area contributed by atoms with Crippen LogP contribution in [0, 0.1) is 0 Å². The van der Waals surface area contributed by atoms with Gasteiger partial charge in [-0.3, -0.25) is 4.39 Å². The van der Waals surface area contributed by atoms with Crippen molar-refractivity contribution in [3.63, 3.8) is 0 Å². The highest BCUT2D eigenvalue weighted by Crippen LogP contribution is 2.14. The lowest BCUT2D eigenvalue weighted by Crippen LogP contribution is -1.73. The van der Waals surface area contributed by atoms with E-state index in [1.807, 2.05) is 30.5 Å². The van der Waals surface area contributed by atoms with Crippen molar-refractivity contribution in [2.45, 2.75) is 0 Å². The van der Waals surface area contributed by atoms with Crippen LogP contribution in [-0.4, -0.2) is 12.2 Å². The summed E-state index contributed by atoms with van der Waals surface area (Å²) in [5.74, 6) is 0. The fourth-order valence-corrected chi connectivity index (χ4v) is 1.13. The number of benzene rings is 1. The molecule has 0 bridgehead atoms. The minimum atomic E-state index is 0.500. The highest BCUT2D eigenvalue weighted by Gasteiger charge is 1.92. The quantitative estimate of drug-likeness (QED) is 0.688. The first-order valence-electron chi connectivity index (χ1n) is 4.03. The van der Waals surface area contributed by atoms with Gasteiger partial charge in [-0.15, -0.1) is 0 Å². The third-order valence-electron chi connectivity index (χ3n) is 1.68. The Kier molecular flexibility index (Phi) is 3.76. The normalized spacial score (nSPS) is 8.77. The summed E-state index contributed by atoms with van der Waals surface area (Å²) >= 11 is 0. The number of rotatable bonds is 1. The predicted molar refractivity (Wildman–Crippen MR) is 53.3 cm³/mol. The first-order valence-corrected chi connectivity index (χ1v) is 4.03. The standard InChI is InChI=1S/C10H9N.CH3F/c1-2-5-9(6-3-1)10-7-4-8-11-10;1-2/h1-8,11H;1H3. The summed E-state index contributed by atoms with van der Waals surface area (Å²) in [6.07, 6.45) is 1.93. The van der Waals surface area contributed by atoms with Crippen molar-refractivity contribution in [3.05, 3.63) is 48.7 Å². The predicted octanol–water partition coefficient (Wildman–Crippen LogP) is 3.27. The lowest BCUT2D eigenvalue weighted by atomic mass is 10.2. The number of aromatic nitrogens is 1. The number of aromatic amines is 1. The second-order valence-corrected chi connectivity index (χ2v) is 2.45. The summed E-state index contributed by atoms with van der Waals surface area (Å²) < 4.78 is 9.50. The molecule has 0 atom stereocenters. The van der Waals surface area contributed by atoms with Crippen molar-refractivity contribution < 1.29 is 4.39 Å². The molecule has 1 aromatic carbocycles. The van der Waals surface area contributed by atoms with E-state index < -0.39 is 0 Å². The average Bonchev–Trinajstić information content (AvgIpc) is 2.75. The minimum Gasteiger partial charge on any atom is -0.361 e. The molecule has 1 aromatic heterocycles. The Balaban J connectivity index is 0.000000396. The van der Waals surface area contributed by atoms with Gasteiger partial charge >= 0.3 is 0 Å². The van der Waals surface area contributed by atoms with E-state index in [2.05, 4.69) is 23.2 Å². The molecule has 0 aliphatic carbocycles. The molecular formula is C11H12FN. The summed E-state index contributed by atoms with van der Waals surface area (Å²) in [7, 11) is 0.500. The van der Waals surface area contributed by atoms with E-state index in [-0.39, 0.29) is 0 Å². The van der Waals surface area contributed by atoms with Gasteiger partial charge in [0.2, 0.25) is 0 Å². The zero-order valence-electron chi connectivity index (χ0n) is 7.50. The fourth-order valence-electron chi connectivity index (χ4n) is 1.13. The van der Waals surface area contributed by atoms with Crippen molar-refractivity contribution >= 4 is 0 Å². The van der Waals surface area contributed by atoms with E-state index >= 15 is 0 Å². The molecule has 1 heterocycles. The number of alkyl halides is 1. The van der Waals surface area contributed by atoms with Gasteiger partial charge in [-0.25, -0.2) is 0 Å². The van der Waals surface area contributed by atoms with Crippen molar-refractivity contribution in [1.82, 2.24) is 4.98 Å². The molecule has 0 unspecified atom stereocenters. The van der Waals surface area contributed by atoms with Gasteiger partial charge in [0.05, 0.1) is 7.18 Å². The van der Waals surface area contributed by atoms with Gasteiger partial charge in [0, 0.05) is 11.9 Å². The molecular weight excluding hydrogens is 165 g/mol. The Morgan fingerprint density at radius 2 is 1.62 bits per heavy atom. The Labute approximate surface area is 77.2 Å². The van der Waals surface area contributed by atoms with E-state index in [1.165, 1.54) is 11.3 Å². The van der Waals surface area contributed by atoms with E-state index in [4.69, 9.17) is 0 Å². The Morgan fingerprint density at radius 1 is 0.923 bits per heavy atom.